The zero-order valence-corrected chi connectivity index (χ0v) is 15.0. The van der Waals surface area contributed by atoms with Gasteiger partial charge in [0.15, 0.2) is 11.9 Å². The van der Waals surface area contributed by atoms with E-state index in [4.69, 9.17) is 20.9 Å². The fourth-order valence-electron chi connectivity index (χ4n) is 2.18. The average Bonchev–Trinajstić information content (AvgIpc) is 3.07. The SMILES string of the molecule is Cc1ccc(NC(=O)Cc2noc([C@H](C)Oc3ccc(Cl)nc3)n2)cc1. The van der Waals surface area contributed by atoms with Crippen LogP contribution in [0.5, 0.6) is 5.75 Å². The van der Waals surface area contributed by atoms with Crippen molar-refractivity contribution in [2.24, 2.45) is 0 Å². The van der Waals surface area contributed by atoms with E-state index in [-0.39, 0.29) is 24.0 Å². The third-order valence-electron chi connectivity index (χ3n) is 3.50. The molecular weight excluding hydrogens is 356 g/mol. The fraction of sp³-hybridized carbons (Fsp3) is 0.222. The van der Waals surface area contributed by atoms with E-state index in [2.05, 4.69) is 20.4 Å². The van der Waals surface area contributed by atoms with Crippen LogP contribution in [0.25, 0.3) is 0 Å². The number of hydrogen-bond acceptors (Lipinski definition) is 6. The molecule has 2 heterocycles. The lowest BCUT2D eigenvalue weighted by Gasteiger charge is -2.09. The summed E-state index contributed by atoms with van der Waals surface area (Å²) in [6, 6.07) is 10.8. The number of aromatic nitrogens is 3. The number of halogens is 1. The molecule has 1 N–H and O–H groups in total. The van der Waals surface area contributed by atoms with Gasteiger partial charge < -0.3 is 14.6 Å². The first-order valence-corrected chi connectivity index (χ1v) is 8.34. The summed E-state index contributed by atoms with van der Waals surface area (Å²) in [6.07, 6.45) is 1.02. The number of aryl methyl sites for hydroxylation is 1. The maximum Gasteiger partial charge on any atom is 0.267 e. The van der Waals surface area contributed by atoms with Gasteiger partial charge in [0, 0.05) is 5.69 Å². The average molecular weight is 373 g/mol. The van der Waals surface area contributed by atoms with Crippen molar-refractivity contribution in [3.05, 3.63) is 65.0 Å². The van der Waals surface area contributed by atoms with Gasteiger partial charge in [-0.25, -0.2) is 4.98 Å². The first-order valence-electron chi connectivity index (χ1n) is 7.97. The molecule has 0 saturated carbocycles. The van der Waals surface area contributed by atoms with Crippen molar-refractivity contribution in [1.29, 1.82) is 0 Å². The van der Waals surface area contributed by atoms with Crippen LogP contribution in [0.4, 0.5) is 5.69 Å². The number of hydrogen-bond donors (Lipinski definition) is 1. The van der Waals surface area contributed by atoms with Gasteiger partial charge >= 0.3 is 0 Å². The highest BCUT2D eigenvalue weighted by atomic mass is 35.5. The van der Waals surface area contributed by atoms with Crippen LogP contribution in [-0.2, 0) is 11.2 Å². The molecule has 0 aliphatic carbocycles. The minimum atomic E-state index is -0.487. The second-order valence-corrected chi connectivity index (χ2v) is 6.10. The molecule has 0 aliphatic rings. The minimum Gasteiger partial charge on any atom is -0.479 e. The topological polar surface area (TPSA) is 90.1 Å². The van der Waals surface area contributed by atoms with Crippen molar-refractivity contribution < 1.29 is 14.1 Å². The summed E-state index contributed by atoms with van der Waals surface area (Å²) in [5, 5.41) is 6.99. The molecule has 0 fully saturated rings. The maximum atomic E-state index is 12.1. The molecule has 0 saturated heterocycles. The van der Waals surface area contributed by atoms with E-state index >= 15 is 0 Å². The zero-order chi connectivity index (χ0) is 18.5. The lowest BCUT2D eigenvalue weighted by atomic mass is 10.2. The number of pyridine rings is 1. The Morgan fingerprint density at radius 2 is 2.04 bits per heavy atom. The smallest absolute Gasteiger partial charge is 0.267 e. The Labute approximate surface area is 155 Å². The quantitative estimate of drug-likeness (QED) is 0.663. The normalized spacial score (nSPS) is 11.8. The Kier molecular flexibility index (Phi) is 5.48. The van der Waals surface area contributed by atoms with Crippen LogP contribution in [0.3, 0.4) is 0 Å². The Balaban J connectivity index is 1.57. The molecule has 134 valence electrons. The predicted octanol–water partition coefficient (Wildman–Crippen LogP) is 3.75. The number of anilines is 1. The second kappa shape index (κ2) is 7.97. The van der Waals surface area contributed by atoms with Crippen molar-refractivity contribution in [2.45, 2.75) is 26.4 Å². The molecule has 0 aliphatic heterocycles. The summed E-state index contributed by atoms with van der Waals surface area (Å²) in [5.41, 5.74) is 1.84. The van der Waals surface area contributed by atoms with Gasteiger partial charge in [-0.15, -0.1) is 0 Å². The summed E-state index contributed by atoms with van der Waals surface area (Å²) in [7, 11) is 0. The number of nitrogens with one attached hydrogen (secondary N) is 1. The summed E-state index contributed by atoms with van der Waals surface area (Å²) in [6.45, 7) is 3.74. The van der Waals surface area contributed by atoms with Crippen LogP contribution in [0.1, 0.15) is 30.3 Å². The van der Waals surface area contributed by atoms with Gasteiger partial charge in [0.25, 0.3) is 5.89 Å². The van der Waals surface area contributed by atoms with Crippen molar-refractivity contribution >= 4 is 23.2 Å². The number of ether oxygens (including phenoxy) is 1. The lowest BCUT2D eigenvalue weighted by molar-refractivity contribution is -0.115. The monoisotopic (exact) mass is 372 g/mol. The van der Waals surface area contributed by atoms with E-state index in [0.717, 1.165) is 11.3 Å². The third kappa shape index (κ3) is 4.80. The molecule has 26 heavy (non-hydrogen) atoms. The van der Waals surface area contributed by atoms with E-state index < -0.39 is 6.10 Å². The Bertz CT molecular complexity index is 878. The molecule has 0 bridgehead atoms. The highest BCUT2D eigenvalue weighted by Gasteiger charge is 2.18. The van der Waals surface area contributed by atoms with Crippen LogP contribution >= 0.6 is 11.6 Å². The van der Waals surface area contributed by atoms with Gasteiger partial charge in [-0.3, -0.25) is 4.79 Å². The molecule has 3 rings (SSSR count). The highest BCUT2D eigenvalue weighted by Crippen LogP contribution is 2.21. The summed E-state index contributed by atoms with van der Waals surface area (Å²) >= 11 is 5.74. The third-order valence-corrected chi connectivity index (χ3v) is 3.72. The molecule has 7 nitrogen and oxygen atoms in total. The molecular formula is C18H17ClN4O3. The van der Waals surface area contributed by atoms with Gasteiger partial charge in [0.2, 0.25) is 5.91 Å². The molecule has 0 unspecified atom stereocenters. The minimum absolute atomic E-state index is 0.00654. The second-order valence-electron chi connectivity index (χ2n) is 5.72. The van der Waals surface area contributed by atoms with Crippen molar-refractivity contribution in [1.82, 2.24) is 15.1 Å². The van der Waals surface area contributed by atoms with Crippen molar-refractivity contribution in [3.63, 3.8) is 0 Å². The molecule has 3 aromatic rings. The number of carbonyl (C=O) groups is 1. The van der Waals surface area contributed by atoms with Gasteiger partial charge in [0.05, 0.1) is 12.6 Å². The standard InChI is InChI=1S/C18H17ClN4O3/c1-11-3-5-13(6-4-11)21-17(24)9-16-22-18(26-23-16)12(2)25-14-7-8-15(19)20-10-14/h3-8,10,12H,9H2,1-2H3,(H,21,24)/t12-/m0/s1. The molecule has 1 aromatic carbocycles. The van der Waals surface area contributed by atoms with E-state index in [9.17, 15) is 4.79 Å². The van der Waals surface area contributed by atoms with E-state index in [0.29, 0.717) is 10.9 Å². The molecule has 1 amide bonds. The number of amides is 1. The molecule has 8 heteroatoms. The first kappa shape index (κ1) is 17.9. The van der Waals surface area contributed by atoms with Crippen LogP contribution in [0, 0.1) is 6.92 Å². The lowest BCUT2D eigenvalue weighted by Crippen LogP contribution is -2.15. The number of rotatable bonds is 6. The summed E-state index contributed by atoms with van der Waals surface area (Å²) in [5.74, 6) is 0.864. The Morgan fingerprint density at radius 3 is 2.73 bits per heavy atom. The molecule has 0 spiro atoms. The fourth-order valence-corrected chi connectivity index (χ4v) is 2.29. The van der Waals surface area contributed by atoms with Crippen LogP contribution in [-0.4, -0.2) is 21.0 Å². The zero-order valence-electron chi connectivity index (χ0n) is 14.3. The Hall–Kier alpha value is -2.93. The van der Waals surface area contributed by atoms with Gasteiger partial charge in [-0.2, -0.15) is 4.98 Å². The maximum absolute atomic E-state index is 12.1. The predicted molar refractivity (Wildman–Crippen MR) is 96.1 cm³/mol. The Morgan fingerprint density at radius 1 is 1.27 bits per heavy atom. The van der Waals surface area contributed by atoms with Gasteiger partial charge in [-0.05, 0) is 38.1 Å². The van der Waals surface area contributed by atoms with E-state index in [1.807, 2.05) is 31.2 Å². The number of carbonyl (C=O) groups excluding carboxylic acids is 1. The highest BCUT2D eigenvalue weighted by molar-refractivity contribution is 6.29. The largest absolute Gasteiger partial charge is 0.479 e. The van der Waals surface area contributed by atoms with Crippen LogP contribution < -0.4 is 10.1 Å². The number of nitrogens with zero attached hydrogens (tertiary/aromatic N) is 3. The molecule has 1 atom stereocenters. The van der Waals surface area contributed by atoms with Crippen molar-refractivity contribution in [2.75, 3.05) is 5.32 Å². The van der Waals surface area contributed by atoms with E-state index in [1.165, 1.54) is 6.20 Å². The van der Waals surface area contributed by atoms with Gasteiger partial charge in [-0.1, -0.05) is 34.5 Å². The van der Waals surface area contributed by atoms with E-state index in [1.54, 1.807) is 19.1 Å². The van der Waals surface area contributed by atoms with Crippen molar-refractivity contribution in [3.8, 4) is 5.75 Å². The van der Waals surface area contributed by atoms with Crippen LogP contribution in [0.2, 0.25) is 5.15 Å². The summed E-state index contributed by atoms with van der Waals surface area (Å²) < 4.78 is 10.8. The first-order chi connectivity index (χ1) is 12.5. The molecule has 2 aromatic heterocycles. The van der Waals surface area contributed by atoms with Crippen LogP contribution in [0.15, 0.2) is 47.1 Å². The summed E-state index contributed by atoms with van der Waals surface area (Å²) in [4.78, 5) is 20.2. The molecule has 0 radical (unpaired) electrons. The van der Waals surface area contributed by atoms with Gasteiger partial charge in [0.1, 0.15) is 10.9 Å². The number of benzene rings is 1.